The summed E-state index contributed by atoms with van der Waals surface area (Å²) in [6, 6.07) is 5.45. The molecule has 0 atom stereocenters. The maximum atomic E-state index is 12.5. The largest absolute Gasteiger partial charge is 0.379 e. The number of anilines is 1. The lowest BCUT2D eigenvalue weighted by Crippen LogP contribution is -2.49. The van der Waals surface area contributed by atoms with Crippen LogP contribution in [0.15, 0.2) is 29.8 Å². The van der Waals surface area contributed by atoms with Crippen LogP contribution in [0, 0.1) is 0 Å². The molecule has 2 aliphatic rings. The monoisotopic (exact) mass is 373 g/mol. The lowest BCUT2D eigenvalue weighted by atomic mass is 10.2. The second-order valence-corrected chi connectivity index (χ2v) is 7.34. The molecule has 2 saturated heterocycles. The van der Waals surface area contributed by atoms with Gasteiger partial charge in [-0.15, -0.1) is 11.3 Å². The van der Waals surface area contributed by atoms with E-state index < -0.39 is 0 Å². The fraction of sp³-hybridized carbons (Fsp3) is 0.500. The second-order valence-electron chi connectivity index (χ2n) is 6.50. The van der Waals surface area contributed by atoms with Crippen molar-refractivity contribution in [2.75, 3.05) is 57.4 Å². The first-order chi connectivity index (χ1) is 12.8. The van der Waals surface area contributed by atoms with Gasteiger partial charge in [-0.25, -0.2) is 4.98 Å². The molecule has 0 spiro atoms. The van der Waals surface area contributed by atoms with Crippen molar-refractivity contribution in [2.45, 2.75) is 6.54 Å². The summed E-state index contributed by atoms with van der Waals surface area (Å²) < 4.78 is 5.39. The fourth-order valence-corrected chi connectivity index (χ4v) is 4.12. The van der Waals surface area contributed by atoms with Crippen LogP contribution in [0.2, 0.25) is 0 Å². The number of ether oxygens (including phenoxy) is 1. The molecule has 0 aromatic carbocycles. The number of hydrogen-bond donors (Lipinski definition) is 0. The summed E-state index contributed by atoms with van der Waals surface area (Å²) in [5.74, 6) is 0.0115. The minimum atomic E-state index is 0.0115. The molecule has 2 aromatic rings. The summed E-state index contributed by atoms with van der Waals surface area (Å²) in [5.41, 5.74) is 1.64. The van der Waals surface area contributed by atoms with Crippen molar-refractivity contribution in [3.8, 4) is 0 Å². The standard InChI is InChI=1S/C18H23N5O2S/c24-17(16-3-1-2-4-19-16)22-5-7-23(8-6-22)18-20-15(14-26-18)13-21-9-11-25-12-10-21/h1-4,14H,5-13H2. The number of aromatic nitrogens is 2. The van der Waals surface area contributed by atoms with E-state index in [4.69, 9.17) is 9.72 Å². The Morgan fingerprint density at radius 1 is 1.12 bits per heavy atom. The summed E-state index contributed by atoms with van der Waals surface area (Å²) in [6.45, 7) is 7.47. The summed E-state index contributed by atoms with van der Waals surface area (Å²) in [4.78, 5) is 28.0. The molecule has 2 aromatic heterocycles. The van der Waals surface area contributed by atoms with Crippen molar-refractivity contribution < 1.29 is 9.53 Å². The summed E-state index contributed by atoms with van der Waals surface area (Å²) >= 11 is 1.69. The molecule has 26 heavy (non-hydrogen) atoms. The Balaban J connectivity index is 1.31. The molecule has 8 heteroatoms. The van der Waals surface area contributed by atoms with Gasteiger partial charge >= 0.3 is 0 Å². The van der Waals surface area contributed by atoms with Gasteiger partial charge in [-0.05, 0) is 12.1 Å². The van der Waals surface area contributed by atoms with Crippen LogP contribution in [0.4, 0.5) is 5.13 Å². The Bertz CT molecular complexity index is 724. The molecule has 0 radical (unpaired) electrons. The van der Waals surface area contributed by atoms with Crippen molar-refractivity contribution in [3.05, 3.63) is 41.2 Å². The average Bonchev–Trinajstić information content (AvgIpc) is 3.17. The van der Waals surface area contributed by atoms with E-state index in [0.29, 0.717) is 18.8 Å². The molecule has 0 bridgehead atoms. The molecular formula is C18H23N5O2S. The van der Waals surface area contributed by atoms with Crippen LogP contribution in [0.1, 0.15) is 16.2 Å². The number of pyridine rings is 1. The van der Waals surface area contributed by atoms with Gasteiger partial charge < -0.3 is 14.5 Å². The quantitative estimate of drug-likeness (QED) is 0.806. The van der Waals surface area contributed by atoms with E-state index in [1.807, 2.05) is 17.0 Å². The average molecular weight is 373 g/mol. The van der Waals surface area contributed by atoms with Crippen LogP contribution in [0.3, 0.4) is 0 Å². The second kappa shape index (κ2) is 8.11. The van der Waals surface area contributed by atoms with Crippen LogP contribution in [0.5, 0.6) is 0 Å². The highest BCUT2D eigenvalue weighted by Gasteiger charge is 2.24. The molecule has 0 aliphatic carbocycles. The van der Waals surface area contributed by atoms with Crippen molar-refractivity contribution in [1.82, 2.24) is 19.8 Å². The number of piperazine rings is 1. The van der Waals surface area contributed by atoms with E-state index in [9.17, 15) is 4.79 Å². The Kier molecular flexibility index (Phi) is 5.42. The van der Waals surface area contributed by atoms with Crippen LogP contribution < -0.4 is 4.90 Å². The first kappa shape index (κ1) is 17.4. The highest BCUT2D eigenvalue weighted by atomic mass is 32.1. The van der Waals surface area contributed by atoms with Crippen LogP contribution in [-0.4, -0.2) is 78.2 Å². The van der Waals surface area contributed by atoms with E-state index in [1.54, 1.807) is 23.6 Å². The van der Waals surface area contributed by atoms with E-state index >= 15 is 0 Å². The Hall–Kier alpha value is -2.03. The highest BCUT2D eigenvalue weighted by Crippen LogP contribution is 2.23. The molecule has 0 saturated carbocycles. The minimum absolute atomic E-state index is 0.0115. The Morgan fingerprint density at radius 3 is 2.65 bits per heavy atom. The van der Waals surface area contributed by atoms with Crippen molar-refractivity contribution >= 4 is 22.4 Å². The molecule has 2 fully saturated rings. The number of morpholine rings is 1. The number of amides is 1. The molecule has 138 valence electrons. The molecule has 0 unspecified atom stereocenters. The maximum Gasteiger partial charge on any atom is 0.272 e. The summed E-state index contributed by atoms with van der Waals surface area (Å²) in [6.07, 6.45) is 1.66. The van der Waals surface area contributed by atoms with Gasteiger partial charge in [-0.3, -0.25) is 14.7 Å². The SMILES string of the molecule is O=C(c1ccccn1)N1CCN(c2nc(CN3CCOCC3)cs2)CC1. The van der Waals surface area contributed by atoms with E-state index in [2.05, 4.69) is 20.2 Å². The van der Waals surface area contributed by atoms with Gasteiger partial charge in [-0.1, -0.05) is 6.07 Å². The van der Waals surface area contributed by atoms with Gasteiger partial charge in [0, 0.05) is 57.4 Å². The minimum Gasteiger partial charge on any atom is -0.379 e. The molecule has 2 aliphatic heterocycles. The first-order valence-electron chi connectivity index (χ1n) is 8.99. The molecule has 7 nitrogen and oxygen atoms in total. The predicted octanol–water partition coefficient (Wildman–Crippen LogP) is 1.33. The number of nitrogens with zero attached hydrogens (tertiary/aromatic N) is 5. The zero-order valence-electron chi connectivity index (χ0n) is 14.7. The lowest BCUT2D eigenvalue weighted by Gasteiger charge is -2.34. The van der Waals surface area contributed by atoms with Gasteiger partial charge in [0.1, 0.15) is 5.69 Å². The zero-order chi connectivity index (χ0) is 17.8. The topological polar surface area (TPSA) is 61.8 Å². The number of carbonyl (C=O) groups is 1. The third-order valence-corrected chi connectivity index (χ3v) is 5.70. The maximum absolute atomic E-state index is 12.5. The van der Waals surface area contributed by atoms with Crippen LogP contribution in [-0.2, 0) is 11.3 Å². The first-order valence-corrected chi connectivity index (χ1v) is 9.87. The van der Waals surface area contributed by atoms with Gasteiger partial charge in [-0.2, -0.15) is 0 Å². The van der Waals surface area contributed by atoms with Crippen LogP contribution in [0.25, 0.3) is 0 Å². The van der Waals surface area contributed by atoms with Crippen LogP contribution >= 0.6 is 11.3 Å². The predicted molar refractivity (Wildman–Crippen MR) is 101 cm³/mol. The van der Waals surface area contributed by atoms with Gasteiger partial charge in [0.15, 0.2) is 5.13 Å². The van der Waals surface area contributed by atoms with Gasteiger partial charge in [0.2, 0.25) is 0 Å². The molecule has 4 heterocycles. The third kappa shape index (κ3) is 4.03. The zero-order valence-corrected chi connectivity index (χ0v) is 15.5. The smallest absolute Gasteiger partial charge is 0.272 e. The fourth-order valence-electron chi connectivity index (χ4n) is 3.25. The number of hydrogen-bond acceptors (Lipinski definition) is 7. The number of thiazole rings is 1. The molecular weight excluding hydrogens is 350 g/mol. The number of carbonyl (C=O) groups excluding carboxylic acids is 1. The van der Waals surface area contributed by atoms with Gasteiger partial charge in [0.05, 0.1) is 18.9 Å². The van der Waals surface area contributed by atoms with E-state index in [-0.39, 0.29) is 5.91 Å². The van der Waals surface area contributed by atoms with E-state index in [0.717, 1.165) is 56.8 Å². The number of rotatable bonds is 4. The summed E-state index contributed by atoms with van der Waals surface area (Å²) in [7, 11) is 0. The molecule has 1 amide bonds. The normalized spacial score (nSPS) is 18.9. The highest BCUT2D eigenvalue weighted by molar-refractivity contribution is 7.13. The van der Waals surface area contributed by atoms with Gasteiger partial charge in [0.25, 0.3) is 5.91 Å². The van der Waals surface area contributed by atoms with Crippen molar-refractivity contribution in [1.29, 1.82) is 0 Å². The van der Waals surface area contributed by atoms with Crippen molar-refractivity contribution in [2.24, 2.45) is 0 Å². The third-order valence-electron chi connectivity index (χ3n) is 4.75. The van der Waals surface area contributed by atoms with Crippen molar-refractivity contribution in [3.63, 3.8) is 0 Å². The Labute approximate surface area is 157 Å². The van der Waals surface area contributed by atoms with E-state index in [1.165, 1.54) is 0 Å². The molecule has 0 N–H and O–H groups in total. The summed E-state index contributed by atoms with van der Waals surface area (Å²) in [5, 5.41) is 3.20. The lowest BCUT2D eigenvalue weighted by molar-refractivity contribution is 0.0337. The molecule has 4 rings (SSSR count). The Morgan fingerprint density at radius 2 is 1.92 bits per heavy atom.